The van der Waals surface area contributed by atoms with E-state index in [1.807, 2.05) is 24.3 Å². The minimum Gasteiger partial charge on any atom is -0.611 e. The Bertz CT molecular complexity index is 382. The Labute approximate surface area is 120 Å². The zero-order valence-electron chi connectivity index (χ0n) is 12.0. The molecule has 0 N–H and O–H groups in total. The maximum atomic E-state index is 12.5. The highest BCUT2D eigenvalue weighted by atomic mass is 32.2. The van der Waals surface area contributed by atoms with Crippen molar-refractivity contribution in [2.45, 2.75) is 36.8 Å². The van der Waals surface area contributed by atoms with Gasteiger partial charge in [0.2, 0.25) is 0 Å². The van der Waals surface area contributed by atoms with Gasteiger partial charge in [0.05, 0.1) is 0 Å². The highest BCUT2D eigenvalue weighted by Crippen LogP contribution is 2.25. The SMILES string of the molecule is [CH2]c1ccc([S+]([O-])C2CCN(CC(C)C)CC2)cc1. The van der Waals surface area contributed by atoms with Crippen LogP contribution < -0.4 is 0 Å². The fourth-order valence-electron chi connectivity index (χ4n) is 2.64. The molecular weight excluding hydrogens is 254 g/mol. The van der Waals surface area contributed by atoms with Gasteiger partial charge in [0.25, 0.3) is 0 Å². The Kier molecular flexibility index (Phi) is 5.31. The highest BCUT2D eigenvalue weighted by Gasteiger charge is 2.29. The van der Waals surface area contributed by atoms with E-state index < -0.39 is 11.2 Å². The van der Waals surface area contributed by atoms with Crippen molar-refractivity contribution in [3.63, 3.8) is 0 Å². The van der Waals surface area contributed by atoms with Crippen LogP contribution in [0.25, 0.3) is 0 Å². The molecule has 0 amide bonds. The normalized spacial score (nSPS) is 19.8. The number of nitrogens with zero attached hydrogens (tertiary/aromatic N) is 1. The van der Waals surface area contributed by atoms with Crippen molar-refractivity contribution >= 4 is 11.2 Å². The van der Waals surface area contributed by atoms with Crippen molar-refractivity contribution in [3.8, 4) is 0 Å². The third-order valence-electron chi connectivity index (χ3n) is 3.62. The van der Waals surface area contributed by atoms with Gasteiger partial charge in [-0.3, -0.25) is 0 Å². The topological polar surface area (TPSA) is 26.3 Å². The molecule has 2 rings (SSSR count). The van der Waals surface area contributed by atoms with E-state index in [1.54, 1.807) is 0 Å². The summed E-state index contributed by atoms with van der Waals surface area (Å²) in [5, 5.41) is 0.319. The van der Waals surface area contributed by atoms with E-state index in [1.165, 1.54) is 0 Å². The summed E-state index contributed by atoms with van der Waals surface area (Å²) in [5.41, 5.74) is 0.979. The van der Waals surface area contributed by atoms with Crippen LogP contribution in [-0.2, 0) is 11.2 Å². The lowest BCUT2D eigenvalue weighted by Gasteiger charge is -2.33. The lowest BCUT2D eigenvalue weighted by atomic mass is 10.1. The fraction of sp³-hybridized carbons (Fsp3) is 0.562. The Morgan fingerprint density at radius 2 is 1.84 bits per heavy atom. The summed E-state index contributed by atoms with van der Waals surface area (Å²) in [5.74, 6) is 0.714. The molecule has 1 atom stereocenters. The van der Waals surface area contributed by atoms with Crippen LogP contribution in [0.1, 0.15) is 32.3 Å². The van der Waals surface area contributed by atoms with Crippen LogP contribution in [0, 0.1) is 12.8 Å². The van der Waals surface area contributed by atoms with Gasteiger partial charge in [-0.2, -0.15) is 0 Å². The minimum absolute atomic E-state index is 0.319. The van der Waals surface area contributed by atoms with E-state index >= 15 is 0 Å². The summed E-state index contributed by atoms with van der Waals surface area (Å²) in [6.07, 6.45) is 2.09. The molecule has 1 radical (unpaired) electrons. The number of likely N-dealkylation sites (tertiary alicyclic amines) is 1. The maximum absolute atomic E-state index is 12.5. The van der Waals surface area contributed by atoms with Crippen molar-refractivity contribution in [1.29, 1.82) is 0 Å². The van der Waals surface area contributed by atoms with Gasteiger partial charge in [0, 0.05) is 32.5 Å². The molecule has 19 heavy (non-hydrogen) atoms. The van der Waals surface area contributed by atoms with Crippen LogP contribution in [0.4, 0.5) is 0 Å². The van der Waals surface area contributed by atoms with Crippen molar-refractivity contribution in [1.82, 2.24) is 4.90 Å². The van der Waals surface area contributed by atoms with Crippen molar-refractivity contribution in [2.75, 3.05) is 19.6 Å². The van der Waals surface area contributed by atoms with Crippen molar-refractivity contribution in [3.05, 3.63) is 36.8 Å². The zero-order valence-corrected chi connectivity index (χ0v) is 12.8. The molecule has 3 heteroatoms. The van der Waals surface area contributed by atoms with Crippen LogP contribution in [-0.4, -0.2) is 34.3 Å². The van der Waals surface area contributed by atoms with Gasteiger partial charge >= 0.3 is 0 Å². The third-order valence-corrected chi connectivity index (χ3v) is 5.43. The molecule has 0 saturated carbocycles. The van der Waals surface area contributed by atoms with E-state index in [-0.39, 0.29) is 0 Å². The molecule has 1 saturated heterocycles. The third kappa shape index (κ3) is 4.23. The zero-order chi connectivity index (χ0) is 13.8. The second kappa shape index (κ2) is 6.78. The fourth-order valence-corrected chi connectivity index (χ4v) is 4.07. The molecule has 1 aromatic rings. The van der Waals surface area contributed by atoms with Gasteiger partial charge in [0.1, 0.15) is 5.25 Å². The summed E-state index contributed by atoms with van der Waals surface area (Å²) in [7, 11) is 0. The Morgan fingerprint density at radius 1 is 1.26 bits per heavy atom. The molecule has 1 fully saturated rings. The van der Waals surface area contributed by atoms with Crippen LogP contribution >= 0.6 is 0 Å². The average molecular weight is 278 g/mol. The van der Waals surface area contributed by atoms with E-state index in [4.69, 9.17) is 0 Å². The minimum atomic E-state index is -0.860. The first kappa shape index (κ1) is 14.9. The molecule has 1 aromatic carbocycles. The van der Waals surface area contributed by atoms with Gasteiger partial charge in [-0.15, -0.1) is 0 Å². The number of rotatable bonds is 4. The Hall–Kier alpha value is -0.510. The predicted molar refractivity (Wildman–Crippen MR) is 81.6 cm³/mol. The van der Waals surface area contributed by atoms with E-state index in [0.29, 0.717) is 11.2 Å². The molecule has 1 aliphatic rings. The van der Waals surface area contributed by atoms with Gasteiger partial charge < -0.3 is 9.45 Å². The van der Waals surface area contributed by atoms with E-state index in [9.17, 15) is 4.55 Å². The molecular formula is C16H24NOS. The van der Waals surface area contributed by atoms with Gasteiger partial charge in [-0.25, -0.2) is 0 Å². The summed E-state index contributed by atoms with van der Waals surface area (Å²) in [6.45, 7) is 11.7. The summed E-state index contributed by atoms with van der Waals surface area (Å²) >= 11 is -0.860. The highest BCUT2D eigenvalue weighted by molar-refractivity contribution is 7.92. The lowest BCUT2D eigenvalue weighted by molar-refractivity contribution is 0.207. The molecule has 1 heterocycles. The summed E-state index contributed by atoms with van der Waals surface area (Å²) in [4.78, 5) is 3.45. The summed E-state index contributed by atoms with van der Waals surface area (Å²) in [6, 6.07) is 7.81. The van der Waals surface area contributed by atoms with Crippen LogP contribution in [0.15, 0.2) is 29.2 Å². The van der Waals surface area contributed by atoms with Gasteiger partial charge in [-0.1, -0.05) is 26.0 Å². The molecule has 2 nitrogen and oxygen atoms in total. The molecule has 0 spiro atoms. The van der Waals surface area contributed by atoms with Crippen LogP contribution in [0.3, 0.4) is 0 Å². The molecule has 0 aromatic heterocycles. The number of hydrogen-bond acceptors (Lipinski definition) is 2. The first-order chi connectivity index (χ1) is 9.06. The van der Waals surface area contributed by atoms with Crippen molar-refractivity contribution < 1.29 is 4.55 Å². The Balaban J connectivity index is 1.88. The maximum Gasteiger partial charge on any atom is 0.152 e. The van der Waals surface area contributed by atoms with Crippen LogP contribution in [0.5, 0.6) is 0 Å². The Morgan fingerprint density at radius 3 is 2.37 bits per heavy atom. The first-order valence-electron chi connectivity index (χ1n) is 7.11. The average Bonchev–Trinajstić information content (AvgIpc) is 2.39. The standard InChI is InChI=1S/C16H24NOS/c1-13(2)12-17-10-8-16(9-11-17)19(18)15-6-4-14(3)5-7-15/h4-7,13,16H,3,8-12H2,1-2H3. The van der Waals surface area contributed by atoms with Gasteiger partial charge in [0.15, 0.2) is 4.90 Å². The monoisotopic (exact) mass is 278 g/mol. The van der Waals surface area contributed by atoms with E-state index in [2.05, 4.69) is 25.7 Å². The number of benzene rings is 1. The first-order valence-corrected chi connectivity index (χ1v) is 8.32. The van der Waals surface area contributed by atoms with Crippen LogP contribution in [0.2, 0.25) is 0 Å². The second-order valence-electron chi connectivity index (χ2n) is 5.84. The second-order valence-corrected chi connectivity index (χ2v) is 7.57. The van der Waals surface area contributed by atoms with Crippen molar-refractivity contribution in [2.24, 2.45) is 5.92 Å². The van der Waals surface area contributed by atoms with E-state index in [0.717, 1.165) is 42.9 Å². The number of piperidine rings is 1. The van der Waals surface area contributed by atoms with Gasteiger partial charge in [-0.05, 0) is 41.7 Å². The smallest absolute Gasteiger partial charge is 0.152 e. The summed E-state index contributed by atoms with van der Waals surface area (Å²) < 4.78 is 12.5. The largest absolute Gasteiger partial charge is 0.611 e. The molecule has 1 unspecified atom stereocenters. The number of hydrogen-bond donors (Lipinski definition) is 0. The molecule has 105 valence electrons. The molecule has 1 aliphatic heterocycles. The predicted octanol–water partition coefficient (Wildman–Crippen LogP) is 3.10. The molecule has 0 aliphatic carbocycles. The quantitative estimate of drug-likeness (QED) is 0.791. The lowest BCUT2D eigenvalue weighted by Crippen LogP contribution is -2.40. The molecule has 0 bridgehead atoms.